The Hall–Kier alpha value is -8.04. The average Bonchev–Trinajstić information content (AvgIpc) is 4.29. The van der Waals surface area contributed by atoms with Crippen LogP contribution in [0.4, 0.5) is 9.59 Å². The first-order valence-electron chi connectivity index (χ1n) is 25.5. The number of rotatable bonds is 6. The van der Waals surface area contributed by atoms with E-state index in [0.29, 0.717) is 20.9 Å². The maximum Gasteiger partial charge on any atom is 0.424 e. The number of carbonyl (C=O) groups is 6. The van der Waals surface area contributed by atoms with Crippen LogP contribution in [0.3, 0.4) is 0 Å². The van der Waals surface area contributed by atoms with Gasteiger partial charge in [-0.2, -0.15) is 20.3 Å². The number of allylic oxidation sites excluding steroid dienone is 8. The van der Waals surface area contributed by atoms with Crippen LogP contribution in [-0.2, 0) is 52.7 Å². The van der Waals surface area contributed by atoms with Gasteiger partial charge in [0.25, 0.3) is 23.6 Å². The highest BCUT2D eigenvalue weighted by Gasteiger charge is 2.53. The van der Waals surface area contributed by atoms with Gasteiger partial charge in [-0.15, -0.1) is 22.7 Å². The summed E-state index contributed by atoms with van der Waals surface area (Å²) in [7, 11) is 0. The minimum Gasteiger partial charge on any atom is -0.444 e. The molecule has 4 heterocycles. The molecule has 372 valence electrons. The van der Waals surface area contributed by atoms with E-state index in [-0.39, 0.29) is 63.7 Å². The Morgan fingerprint density at radius 1 is 0.627 bits per heavy atom. The largest absolute Gasteiger partial charge is 0.444 e. The number of nitriles is 2. The van der Waals surface area contributed by atoms with Crippen LogP contribution < -0.4 is 0 Å². The van der Waals surface area contributed by atoms with Gasteiger partial charge < -0.3 is 9.47 Å². The maximum atomic E-state index is 14.2. The molecule has 2 aromatic carbocycles. The molecule has 6 aliphatic carbocycles. The van der Waals surface area contributed by atoms with E-state index in [0.717, 1.165) is 83.7 Å². The lowest BCUT2D eigenvalue weighted by atomic mass is 9.63. The van der Waals surface area contributed by atoms with Crippen molar-refractivity contribution in [3.8, 4) is 12.1 Å². The molecule has 2 spiro atoms. The fourth-order valence-corrected chi connectivity index (χ4v) is 15.2. The molecular weight excluding hydrogens is 981 g/mol. The van der Waals surface area contributed by atoms with Crippen molar-refractivity contribution in [3.63, 3.8) is 0 Å². The number of hydrogen-bond acceptors (Lipinski definition) is 12. The van der Waals surface area contributed by atoms with Crippen molar-refractivity contribution >= 4 is 81.8 Å². The summed E-state index contributed by atoms with van der Waals surface area (Å²) in [6.07, 6.45) is 22.7. The van der Waals surface area contributed by atoms with Gasteiger partial charge >= 0.3 is 12.2 Å². The number of benzene rings is 2. The van der Waals surface area contributed by atoms with Crippen LogP contribution in [0.2, 0.25) is 0 Å². The van der Waals surface area contributed by atoms with E-state index in [9.17, 15) is 39.3 Å². The minimum absolute atomic E-state index is 0.0505. The molecule has 0 saturated heterocycles. The second kappa shape index (κ2) is 18.7. The molecule has 2 aromatic heterocycles. The van der Waals surface area contributed by atoms with E-state index in [2.05, 4.69) is 36.4 Å². The van der Waals surface area contributed by atoms with Gasteiger partial charge in [0.2, 0.25) is 0 Å². The summed E-state index contributed by atoms with van der Waals surface area (Å²) in [5, 5.41) is 20.1. The molecule has 75 heavy (non-hydrogen) atoms. The molecule has 2 saturated carbocycles. The second-order valence-corrected chi connectivity index (χ2v) is 22.6. The molecule has 0 bridgehead atoms. The summed E-state index contributed by atoms with van der Waals surface area (Å²) in [4.78, 5) is 86.3. The molecule has 2 atom stereocenters. The number of nitrogens with zero attached hydrogens (tertiary/aromatic N) is 4. The molecule has 2 unspecified atom stereocenters. The van der Waals surface area contributed by atoms with Gasteiger partial charge in [0.15, 0.2) is 0 Å². The van der Waals surface area contributed by atoms with Crippen LogP contribution in [0, 0.1) is 34.5 Å². The van der Waals surface area contributed by atoms with Gasteiger partial charge in [0.05, 0.1) is 0 Å². The molecule has 2 aliphatic heterocycles. The summed E-state index contributed by atoms with van der Waals surface area (Å²) in [6.45, 7) is 1.28. The van der Waals surface area contributed by atoms with E-state index in [1.807, 2.05) is 24.3 Å². The monoisotopic (exact) mass is 1030 g/mol. The first kappa shape index (κ1) is 47.9. The standard InChI is InChI=1S/C61H48N4O8S2/c1-35-44(56(68)65(57(69)47(35)32-63)59(71)73-34-37-16-8-3-9-17-37)28-43-30-51-53(75-43)46-25-39-26-48-45(24-38(39)27-49(46)61(51)20-12-5-13-21-61)52-50(60(48)18-10-4-11-19-60)29-42(74-52)23-40-22-41(31-62)55(67)64(54(40)66)58(70)72-33-36-14-6-2-7-15-36/h2-3,6-9,14-17,22-30,38-39H,4-5,10-13,18-21,33-34H2,1H3/b40-23-,44-28-. The number of ether oxygens (including phenoxy) is 2. The lowest BCUT2D eigenvalue weighted by molar-refractivity contribution is -0.140. The average molecular weight is 1030 g/mol. The molecule has 2 fully saturated rings. The van der Waals surface area contributed by atoms with Gasteiger partial charge in [-0.1, -0.05) is 123 Å². The summed E-state index contributed by atoms with van der Waals surface area (Å²) >= 11 is 3.18. The zero-order valence-electron chi connectivity index (χ0n) is 41.0. The Morgan fingerprint density at radius 2 is 1.11 bits per heavy atom. The molecular formula is C61H48N4O8S2. The third kappa shape index (κ3) is 7.80. The molecule has 8 aliphatic rings. The molecule has 4 aromatic rings. The van der Waals surface area contributed by atoms with Gasteiger partial charge in [-0.25, -0.2) is 9.59 Å². The molecule has 14 heteroatoms. The number of thiophene rings is 2. The highest BCUT2D eigenvalue weighted by atomic mass is 32.1. The summed E-state index contributed by atoms with van der Waals surface area (Å²) < 4.78 is 10.8. The van der Waals surface area contributed by atoms with Crippen molar-refractivity contribution in [1.82, 2.24) is 9.80 Å². The Kier molecular flexibility index (Phi) is 12.0. The molecule has 6 amide bonds. The first-order valence-corrected chi connectivity index (χ1v) is 27.1. The van der Waals surface area contributed by atoms with Crippen LogP contribution in [0.15, 0.2) is 142 Å². The molecule has 0 N–H and O–H groups in total. The highest BCUT2D eigenvalue weighted by molar-refractivity contribution is 7.14. The van der Waals surface area contributed by atoms with E-state index in [1.54, 1.807) is 90.3 Å². The lowest BCUT2D eigenvalue weighted by Crippen LogP contribution is -2.46. The van der Waals surface area contributed by atoms with E-state index >= 15 is 0 Å². The smallest absolute Gasteiger partial charge is 0.424 e. The second-order valence-electron chi connectivity index (χ2n) is 20.5. The highest BCUT2D eigenvalue weighted by Crippen LogP contribution is 2.65. The number of hydrogen-bond donors (Lipinski definition) is 0. The normalized spacial score (nSPS) is 23.1. The van der Waals surface area contributed by atoms with Gasteiger partial charge in [-0.05, 0) is 113 Å². The molecule has 12 rings (SSSR count). The van der Waals surface area contributed by atoms with E-state index in [1.165, 1.54) is 39.5 Å². The van der Waals surface area contributed by atoms with Crippen molar-refractivity contribution in [3.05, 3.63) is 184 Å². The van der Waals surface area contributed by atoms with Crippen LogP contribution in [-0.4, -0.2) is 45.6 Å². The Labute approximate surface area is 441 Å². The Morgan fingerprint density at radius 3 is 1.59 bits per heavy atom. The predicted molar refractivity (Wildman–Crippen MR) is 282 cm³/mol. The summed E-state index contributed by atoms with van der Waals surface area (Å²) in [6, 6.07) is 26.0. The van der Waals surface area contributed by atoms with Gasteiger partial charge in [-0.3, -0.25) is 19.2 Å². The third-order valence-electron chi connectivity index (χ3n) is 16.3. The van der Waals surface area contributed by atoms with Crippen molar-refractivity contribution < 1.29 is 38.2 Å². The Bertz CT molecular complexity index is 3570. The van der Waals surface area contributed by atoms with Crippen molar-refractivity contribution in [2.24, 2.45) is 11.8 Å². The zero-order chi connectivity index (χ0) is 51.8. The quantitative estimate of drug-likeness (QED) is 0.133. The first-order chi connectivity index (χ1) is 36.4. The number of amides is 6. The minimum atomic E-state index is -1.14. The lowest BCUT2D eigenvalue weighted by Gasteiger charge is -2.40. The fraction of sp³-hybridized carbons (Fsp3) is 0.279. The van der Waals surface area contributed by atoms with Crippen molar-refractivity contribution in [1.29, 1.82) is 10.5 Å². The van der Waals surface area contributed by atoms with Crippen molar-refractivity contribution in [2.45, 2.75) is 95.2 Å². The van der Waals surface area contributed by atoms with Crippen LogP contribution in [0.1, 0.15) is 113 Å². The van der Waals surface area contributed by atoms with Gasteiger partial charge in [0.1, 0.15) is 36.5 Å². The summed E-state index contributed by atoms with van der Waals surface area (Å²) in [5.41, 5.74) is 8.23. The number of imide groups is 6. The maximum absolute atomic E-state index is 14.2. The van der Waals surface area contributed by atoms with E-state index < -0.39 is 35.8 Å². The zero-order valence-corrected chi connectivity index (χ0v) is 42.6. The molecule has 0 radical (unpaired) electrons. The SMILES string of the molecule is CC1=C(C#N)C(=O)N(C(=O)OCc2ccccc2)C(=O)/C1=C\c1cc2c(s1)C1=CC3C=C4C(=CC3C=C1C21CCCCC1)c1sc(/C=C2/C=C(C#N)C(=O)N(C(=O)OCc3ccccc3)C2=O)cc1C41CCCCC1. The van der Waals surface area contributed by atoms with Crippen molar-refractivity contribution in [2.75, 3.05) is 0 Å². The van der Waals surface area contributed by atoms with Gasteiger partial charge in [0, 0.05) is 53.3 Å². The Balaban J connectivity index is 0.875. The van der Waals surface area contributed by atoms with Crippen LogP contribution in [0.5, 0.6) is 0 Å². The predicted octanol–water partition coefficient (Wildman–Crippen LogP) is 12.3. The topological polar surface area (TPSA) is 175 Å². The number of carbonyl (C=O) groups excluding carboxylic acids is 6. The van der Waals surface area contributed by atoms with E-state index in [4.69, 9.17) is 9.47 Å². The number of fused-ring (bicyclic) bond motifs is 11. The molecule has 12 nitrogen and oxygen atoms in total. The third-order valence-corrected chi connectivity index (χ3v) is 18.6. The fourth-order valence-electron chi connectivity index (χ4n) is 12.7. The summed E-state index contributed by atoms with van der Waals surface area (Å²) in [5.74, 6) is -3.53. The van der Waals surface area contributed by atoms with Crippen LogP contribution in [0.25, 0.3) is 23.3 Å². The van der Waals surface area contributed by atoms with Crippen LogP contribution >= 0.6 is 22.7 Å².